The third-order valence-electron chi connectivity index (χ3n) is 3.66. The van der Waals surface area contributed by atoms with Gasteiger partial charge in [-0.3, -0.25) is 4.99 Å². The summed E-state index contributed by atoms with van der Waals surface area (Å²) in [6.07, 6.45) is -4.34. The summed E-state index contributed by atoms with van der Waals surface area (Å²) in [4.78, 5) is 4.19. The number of aliphatic imine (C=N–C) groups is 1. The molecule has 0 bridgehead atoms. The molecule has 1 unspecified atom stereocenters. The van der Waals surface area contributed by atoms with Gasteiger partial charge < -0.3 is 15.4 Å². The van der Waals surface area contributed by atoms with Crippen LogP contribution in [0.15, 0.2) is 59.6 Å². The monoisotopic (exact) mass is 365 g/mol. The highest BCUT2D eigenvalue weighted by Crippen LogP contribution is 2.18. The van der Waals surface area contributed by atoms with Crippen LogP contribution in [0.5, 0.6) is 5.75 Å². The first-order valence-electron chi connectivity index (χ1n) is 8.18. The Hall–Kier alpha value is -2.70. The predicted octanol–water partition coefficient (Wildman–Crippen LogP) is 4.05. The van der Waals surface area contributed by atoms with Gasteiger partial charge in [0.1, 0.15) is 5.75 Å². The Balaban J connectivity index is 1.84. The lowest BCUT2D eigenvalue weighted by Crippen LogP contribution is -2.38. The summed E-state index contributed by atoms with van der Waals surface area (Å²) in [5.41, 5.74) is 2.04. The first-order chi connectivity index (χ1) is 12.4. The van der Waals surface area contributed by atoms with E-state index in [1.54, 1.807) is 19.2 Å². The molecule has 0 spiro atoms. The van der Waals surface area contributed by atoms with Crippen molar-refractivity contribution >= 4 is 5.96 Å². The molecule has 2 aromatic carbocycles. The van der Waals surface area contributed by atoms with Crippen molar-refractivity contribution in [3.8, 4) is 5.75 Å². The van der Waals surface area contributed by atoms with Crippen molar-refractivity contribution in [3.05, 3.63) is 65.7 Å². The molecule has 0 saturated heterocycles. The number of nitrogens with one attached hydrogen (secondary N) is 2. The van der Waals surface area contributed by atoms with Crippen molar-refractivity contribution in [3.63, 3.8) is 0 Å². The van der Waals surface area contributed by atoms with E-state index >= 15 is 0 Å². The van der Waals surface area contributed by atoms with Crippen LogP contribution in [-0.4, -0.2) is 25.8 Å². The summed E-state index contributed by atoms with van der Waals surface area (Å²) in [7, 11) is 1.68. The van der Waals surface area contributed by atoms with Crippen LogP contribution in [0.25, 0.3) is 0 Å². The zero-order chi connectivity index (χ0) is 19.0. The zero-order valence-corrected chi connectivity index (χ0v) is 14.7. The normalized spacial score (nSPS) is 13.2. The van der Waals surface area contributed by atoms with Crippen LogP contribution in [0.4, 0.5) is 13.2 Å². The Morgan fingerprint density at radius 3 is 2.31 bits per heavy atom. The number of rotatable bonds is 6. The lowest BCUT2D eigenvalue weighted by molar-refractivity contribution is -0.153. The number of hydrogen-bond donors (Lipinski definition) is 2. The van der Waals surface area contributed by atoms with Crippen LogP contribution in [-0.2, 0) is 6.54 Å². The highest BCUT2D eigenvalue weighted by Gasteiger charge is 2.28. The molecule has 4 nitrogen and oxygen atoms in total. The second-order valence-corrected chi connectivity index (χ2v) is 5.75. The maximum atomic E-state index is 12.1. The molecule has 2 aromatic rings. The fraction of sp³-hybridized carbons (Fsp3) is 0.316. The zero-order valence-electron chi connectivity index (χ0n) is 14.7. The van der Waals surface area contributed by atoms with Gasteiger partial charge in [0, 0.05) is 13.6 Å². The van der Waals surface area contributed by atoms with Crippen molar-refractivity contribution in [1.82, 2.24) is 10.6 Å². The highest BCUT2D eigenvalue weighted by atomic mass is 19.4. The van der Waals surface area contributed by atoms with E-state index in [1.807, 2.05) is 37.3 Å². The summed E-state index contributed by atoms with van der Waals surface area (Å²) < 4.78 is 41.1. The maximum absolute atomic E-state index is 12.1. The van der Waals surface area contributed by atoms with Gasteiger partial charge in [0.05, 0.1) is 6.04 Å². The van der Waals surface area contributed by atoms with Gasteiger partial charge in [-0.15, -0.1) is 0 Å². The Labute approximate surface area is 151 Å². The molecule has 0 saturated carbocycles. The van der Waals surface area contributed by atoms with E-state index < -0.39 is 12.8 Å². The minimum absolute atomic E-state index is 0.0838. The Morgan fingerprint density at radius 1 is 1.08 bits per heavy atom. The fourth-order valence-electron chi connectivity index (χ4n) is 2.28. The number of alkyl halides is 3. The van der Waals surface area contributed by atoms with Gasteiger partial charge in [0.25, 0.3) is 0 Å². The first kappa shape index (κ1) is 19.6. The molecule has 0 aliphatic heterocycles. The van der Waals surface area contributed by atoms with Crippen LogP contribution < -0.4 is 15.4 Å². The second kappa shape index (κ2) is 9.12. The minimum Gasteiger partial charge on any atom is -0.484 e. The van der Waals surface area contributed by atoms with Gasteiger partial charge in [-0.1, -0.05) is 42.5 Å². The van der Waals surface area contributed by atoms with E-state index in [-0.39, 0.29) is 11.8 Å². The van der Waals surface area contributed by atoms with Crippen LogP contribution in [0.2, 0.25) is 0 Å². The van der Waals surface area contributed by atoms with Crippen molar-refractivity contribution < 1.29 is 17.9 Å². The molecule has 1 atom stereocenters. The number of benzene rings is 2. The fourth-order valence-corrected chi connectivity index (χ4v) is 2.28. The summed E-state index contributed by atoms with van der Waals surface area (Å²) in [5.74, 6) is 0.824. The lowest BCUT2D eigenvalue weighted by atomic mass is 10.1. The summed E-state index contributed by atoms with van der Waals surface area (Å²) in [6.45, 7) is 1.23. The highest BCUT2D eigenvalue weighted by molar-refractivity contribution is 5.80. The molecule has 0 radical (unpaired) electrons. The summed E-state index contributed by atoms with van der Waals surface area (Å²) in [5, 5.41) is 6.47. The topological polar surface area (TPSA) is 45.7 Å². The predicted molar refractivity (Wildman–Crippen MR) is 96.2 cm³/mol. The van der Waals surface area contributed by atoms with Crippen molar-refractivity contribution in [2.24, 2.45) is 4.99 Å². The molecule has 26 heavy (non-hydrogen) atoms. The van der Waals surface area contributed by atoms with Crippen molar-refractivity contribution in [2.45, 2.75) is 25.7 Å². The standard InChI is InChI=1S/C19H22F3N3O/c1-14(16-6-4-3-5-7-16)25-18(23-2)24-12-15-8-10-17(11-9-15)26-13-19(20,21)22/h3-11,14H,12-13H2,1-2H3,(H2,23,24,25). The van der Waals surface area contributed by atoms with Gasteiger partial charge in [-0.05, 0) is 30.2 Å². The Morgan fingerprint density at radius 2 is 1.73 bits per heavy atom. The third-order valence-corrected chi connectivity index (χ3v) is 3.66. The largest absolute Gasteiger partial charge is 0.484 e. The van der Waals surface area contributed by atoms with E-state index in [2.05, 4.69) is 15.6 Å². The van der Waals surface area contributed by atoms with Gasteiger partial charge in [0.15, 0.2) is 12.6 Å². The maximum Gasteiger partial charge on any atom is 0.422 e. The van der Waals surface area contributed by atoms with Crippen molar-refractivity contribution in [2.75, 3.05) is 13.7 Å². The number of ether oxygens (including phenoxy) is 1. The molecule has 7 heteroatoms. The van der Waals surface area contributed by atoms with Gasteiger partial charge in [-0.2, -0.15) is 13.2 Å². The number of guanidine groups is 1. The van der Waals surface area contributed by atoms with Gasteiger partial charge >= 0.3 is 6.18 Å². The molecule has 0 amide bonds. The van der Waals surface area contributed by atoms with E-state index in [0.29, 0.717) is 12.5 Å². The third kappa shape index (κ3) is 6.66. The van der Waals surface area contributed by atoms with Crippen LogP contribution in [0.3, 0.4) is 0 Å². The number of nitrogens with zero attached hydrogens (tertiary/aromatic N) is 1. The summed E-state index contributed by atoms with van der Waals surface area (Å²) in [6, 6.07) is 16.5. The SMILES string of the molecule is CN=C(NCc1ccc(OCC(F)(F)F)cc1)NC(C)c1ccccc1. The minimum atomic E-state index is -4.34. The molecule has 0 heterocycles. The van der Waals surface area contributed by atoms with E-state index in [9.17, 15) is 13.2 Å². The Kier molecular flexibility index (Phi) is 6.89. The smallest absolute Gasteiger partial charge is 0.422 e. The quantitative estimate of drug-likeness (QED) is 0.600. The molecule has 2 rings (SSSR count). The van der Waals surface area contributed by atoms with E-state index in [1.165, 1.54) is 12.1 Å². The van der Waals surface area contributed by atoms with Gasteiger partial charge in [0.2, 0.25) is 0 Å². The first-order valence-corrected chi connectivity index (χ1v) is 8.18. The van der Waals surface area contributed by atoms with E-state index in [4.69, 9.17) is 4.74 Å². The molecule has 0 fully saturated rings. The average molecular weight is 365 g/mol. The molecular weight excluding hydrogens is 343 g/mol. The van der Waals surface area contributed by atoms with Crippen LogP contribution in [0.1, 0.15) is 24.1 Å². The Bertz CT molecular complexity index is 700. The van der Waals surface area contributed by atoms with E-state index in [0.717, 1.165) is 11.1 Å². The van der Waals surface area contributed by atoms with Crippen molar-refractivity contribution in [1.29, 1.82) is 0 Å². The number of halogens is 3. The second-order valence-electron chi connectivity index (χ2n) is 5.75. The molecule has 0 aromatic heterocycles. The average Bonchev–Trinajstić information content (AvgIpc) is 2.64. The number of hydrogen-bond acceptors (Lipinski definition) is 2. The van der Waals surface area contributed by atoms with Crippen LogP contribution in [0, 0.1) is 0 Å². The lowest BCUT2D eigenvalue weighted by Gasteiger charge is -2.18. The van der Waals surface area contributed by atoms with Gasteiger partial charge in [-0.25, -0.2) is 0 Å². The molecule has 2 N–H and O–H groups in total. The molecule has 0 aliphatic carbocycles. The summed E-state index contributed by atoms with van der Waals surface area (Å²) >= 11 is 0. The van der Waals surface area contributed by atoms with Crippen LogP contribution >= 0.6 is 0 Å². The molecule has 140 valence electrons. The molecule has 0 aliphatic rings. The molecular formula is C19H22F3N3O.